The van der Waals surface area contributed by atoms with Crippen molar-refractivity contribution in [2.75, 3.05) is 6.61 Å². The van der Waals surface area contributed by atoms with Gasteiger partial charge in [-0.1, -0.05) is 60.7 Å². The van der Waals surface area contributed by atoms with E-state index in [0.29, 0.717) is 6.61 Å². The van der Waals surface area contributed by atoms with Gasteiger partial charge in [-0.15, -0.1) is 0 Å². The molecule has 1 saturated heterocycles. The second kappa shape index (κ2) is 9.50. The molecule has 156 valence electrons. The summed E-state index contributed by atoms with van der Waals surface area (Å²) in [5.41, 5.74) is 0.408. The minimum atomic E-state index is -1.18. The average molecular weight is 398 g/mol. The standard InChI is InChI=1S/C23H31N3O3/c1-4-29-23(18-11-7-5-8-12-18,19-13-9-6-10-14-19)20(21(27)28)26-22-24-16(2)15-17(3)25-22/h5-14,16-17,20,22,24-26H,4,15H2,1-3H3,(H,27,28). The lowest BCUT2D eigenvalue weighted by Crippen LogP contribution is -2.69. The van der Waals surface area contributed by atoms with Gasteiger partial charge in [0.1, 0.15) is 17.9 Å². The molecule has 0 amide bonds. The number of hydrogen-bond donors (Lipinski definition) is 4. The van der Waals surface area contributed by atoms with Gasteiger partial charge in [-0.25, -0.2) is 0 Å². The predicted molar refractivity (Wildman–Crippen MR) is 113 cm³/mol. The minimum Gasteiger partial charge on any atom is -0.480 e. The van der Waals surface area contributed by atoms with Crippen LogP contribution in [0.2, 0.25) is 0 Å². The van der Waals surface area contributed by atoms with E-state index in [0.717, 1.165) is 17.5 Å². The van der Waals surface area contributed by atoms with E-state index in [1.54, 1.807) is 0 Å². The number of ether oxygens (including phenoxy) is 1. The van der Waals surface area contributed by atoms with Crippen LogP contribution in [-0.2, 0) is 15.1 Å². The van der Waals surface area contributed by atoms with Crippen molar-refractivity contribution in [3.8, 4) is 0 Å². The highest BCUT2D eigenvalue weighted by molar-refractivity contribution is 5.77. The van der Waals surface area contributed by atoms with Gasteiger partial charge in [0.25, 0.3) is 0 Å². The van der Waals surface area contributed by atoms with Crippen LogP contribution in [0, 0.1) is 0 Å². The first-order chi connectivity index (χ1) is 14.0. The van der Waals surface area contributed by atoms with Crippen LogP contribution < -0.4 is 16.0 Å². The van der Waals surface area contributed by atoms with Crippen LogP contribution in [0.5, 0.6) is 0 Å². The Morgan fingerprint density at radius 1 is 1.07 bits per heavy atom. The number of hydrogen-bond acceptors (Lipinski definition) is 5. The van der Waals surface area contributed by atoms with Crippen LogP contribution in [-0.4, -0.2) is 42.1 Å². The highest BCUT2D eigenvalue weighted by Gasteiger charge is 2.48. The van der Waals surface area contributed by atoms with E-state index >= 15 is 0 Å². The summed E-state index contributed by atoms with van der Waals surface area (Å²) in [5, 5.41) is 20.4. The summed E-state index contributed by atoms with van der Waals surface area (Å²) in [6.07, 6.45) is 0.631. The van der Waals surface area contributed by atoms with E-state index in [9.17, 15) is 9.90 Å². The SMILES string of the molecule is CCOC(c1ccccc1)(c1ccccc1)C(NC1NC(C)CC(C)N1)C(=O)O. The van der Waals surface area contributed by atoms with Gasteiger partial charge in [-0.2, -0.15) is 0 Å². The monoisotopic (exact) mass is 397 g/mol. The summed E-state index contributed by atoms with van der Waals surface area (Å²) < 4.78 is 6.32. The van der Waals surface area contributed by atoms with Gasteiger partial charge >= 0.3 is 5.97 Å². The summed E-state index contributed by atoms with van der Waals surface area (Å²) in [5.74, 6) is -0.972. The molecule has 0 spiro atoms. The van der Waals surface area contributed by atoms with Gasteiger partial charge in [0.05, 0.1) is 0 Å². The van der Waals surface area contributed by atoms with E-state index in [2.05, 4.69) is 29.8 Å². The average Bonchev–Trinajstić information content (AvgIpc) is 2.71. The van der Waals surface area contributed by atoms with Gasteiger partial charge in [0.15, 0.2) is 0 Å². The fourth-order valence-corrected chi connectivity index (χ4v) is 4.26. The molecule has 29 heavy (non-hydrogen) atoms. The lowest BCUT2D eigenvalue weighted by atomic mass is 9.79. The number of carbonyl (C=O) groups is 1. The molecule has 6 heteroatoms. The van der Waals surface area contributed by atoms with Gasteiger partial charge in [-0.3, -0.25) is 20.7 Å². The Hall–Kier alpha value is -2.25. The molecule has 2 aromatic carbocycles. The normalized spacial score (nSPS) is 23.5. The molecular formula is C23H31N3O3. The maximum Gasteiger partial charge on any atom is 0.324 e. The van der Waals surface area contributed by atoms with E-state index in [4.69, 9.17) is 4.74 Å². The number of rotatable bonds is 8. The summed E-state index contributed by atoms with van der Waals surface area (Å²) in [7, 11) is 0. The highest BCUT2D eigenvalue weighted by Crippen LogP contribution is 2.37. The van der Waals surface area contributed by atoms with Crippen LogP contribution in [0.1, 0.15) is 38.3 Å². The molecule has 0 bridgehead atoms. The van der Waals surface area contributed by atoms with E-state index in [1.165, 1.54) is 0 Å². The quantitative estimate of drug-likeness (QED) is 0.548. The van der Waals surface area contributed by atoms with Crippen molar-refractivity contribution in [1.29, 1.82) is 0 Å². The molecule has 1 aliphatic rings. The molecule has 2 aromatic rings. The lowest BCUT2D eigenvalue weighted by molar-refractivity contribution is -0.150. The van der Waals surface area contributed by atoms with Crippen molar-refractivity contribution in [2.24, 2.45) is 0 Å². The van der Waals surface area contributed by atoms with Gasteiger partial charge in [0.2, 0.25) is 0 Å². The number of aliphatic carboxylic acids is 1. The van der Waals surface area contributed by atoms with Gasteiger partial charge < -0.3 is 9.84 Å². The molecule has 6 nitrogen and oxygen atoms in total. The molecule has 0 aliphatic carbocycles. The number of carboxylic acid groups (broad SMARTS) is 1. The lowest BCUT2D eigenvalue weighted by Gasteiger charge is -2.43. The van der Waals surface area contributed by atoms with Crippen LogP contribution in [0.15, 0.2) is 60.7 Å². The first kappa shape index (κ1) is 21.5. The third kappa shape index (κ3) is 4.67. The van der Waals surface area contributed by atoms with E-state index < -0.39 is 17.6 Å². The zero-order chi connectivity index (χ0) is 20.9. The summed E-state index contributed by atoms with van der Waals surface area (Å²) >= 11 is 0. The Kier molecular flexibility index (Phi) is 7.03. The molecule has 1 heterocycles. The zero-order valence-electron chi connectivity index (χ0n) is 17.3. The first-order valence-electron chi connectivity index (χ1n) is 10.2. The maximum atomic E-state index is 12.6. The Morgan fingerprint density at radius 2 is 1.55 bits per heavy atom. The topological polar surface area (TPSA) is 82.6 Å². The largest absolute Gasteiger partial charge is 0.480 e. The fraction of sp³-hybridized carbons (Fsp3) is 0.435. The molecule has 4 N–H and O–H groups in total. The van der Waals surface area contributed by atoms with Crippen LogP contribution in [0.4, 0.5) is 0 Å². The molecule has 1 aliphatic heterocycles. The highest BCUT2D eigenvalue weighted by atomic mass is 16.5. The molecule has 0 saturated carbocycles. The van der Waals surface area contributed by atoms with E-state index in [1.807, 2.05) is 67.6 Å². The van der Waals surface area contributed by atoms with Crippen molar-refractivity contribution < 1.29 is 14.6 Å². The number of nitrogens with one attached hydrogen (secondary N) is 3. The molecular weight excluding hydrogens is 366 g/mol. The second-order valence-electron chi connectivity index (χ2n) is 7.64. The van der Waals surface area contributed by atoms with E-state index in [-0.39, 0.29) is 18.4 Å². The van der Waals surface area contributed by atoms with Crippen molar-refractivity contribution in [1.82, 2.24) is 16.0 Å². The Bertz CT molecular complexity index is 735. The van der Waals surface area contributed by atoms with Crippen LogP contribution >= 0.6 is 0 Å². The van der Waals surface area contributed by atoms with Gasteiger partial charge in [0, 0.05) is 18.7 Å². The van der Waals surface area contributed by atoms with Crippen LogP contribution in [0.3, 0.4) is 0 Å². The molecule has 1 fully saturated rings. The summed E-state index contributed by atoms with van der Waals surface area (Å²) in [6, 6.07) is 18.7. The zero-order valence-corrected chi connectivity index (χ0v) is 17.3. The van der Waals surface area contributed by atoms with Crippen molar-refractivity contribution in [2.45, 2.75) is 57.2 Å². The molecule has 0 aromatic heterocycles. The third-order valence-corrected chi connectivity index (χ3v) is 5.37. The summed E-state index contributed by atoms with van der Waals surface area (Å²) in [4.78, 5) is 12.6. The maximum absolute atomic E-state index is 12.6. The molecule has 3 rings (SSSR count). The smallest absolute Gasteiger partial charge is 0.324 e. The van der Waals surface area contributed by atoms with Gasteiger partial charge in [-0.05, 0) is 38.3 Å². The van der Waals surface area contributed by atoms with Crippen molar-refractivity contribution in [3.63, 3.8) is 0 Å². The third-order valence-electron chi connectivity index (χ3n) is 5.37. The Labute approximate surface area is 172 Å². The Balaban J connectivity index is 2.10. The van der Waals surface area contributed by atoms with Crippen molar-refractivity contribution >= 4 is 5.97 Å². The number of benzene rings is 2. The predicted octanol–water partition coefficient (Wildman–Crippen LogP) is 2.65. The molecule has 3 atom stereocenters. The first-order valence-corrected chi connectivity index (χ1v) is 10.2. The number of carboxylic acids is 1. The Morgan fingerprint density at radius 3 is 1.97 bits per heavy atom. The van der Waals surface area contributed by atoms with Crippen molar-refractivity contribution in [3.05, 3.63) is 71.8 Å². The molecule has 3 unspecified atom stereocenters. The summed E-state index contributed by atoms with van der Waals surface area (Å²) in [6.45, 7) is 6.46. The molecule has 0 radical (unpaired) electrons. The van der Waals surface area contributed by atoms with Crippen LogP contribution in [0.25, 0.3) is 0 Å². The second-order valence-corrected chi connectivity index (χ2v) is 7.64. The minimum absolute atomic E-state index is 0.271. The fourth-order valence-electron chi connectivity index (χ4n) is 4.26.